The molecule has 1 rings (SSSR count). The Kier molecular flexibility index (Phi) is 6.91. The van der Waals surface area contributed by atoms with Gasteiger partial charge in [0.15, 0.2) is 6.73 Å². The summed E-state index contributed by atoms with van der Waals surface area (Å²) in [5.41, 5.74) is 5.36. The molecular weight excluding hydrogens is 262 g/mol. The predicted molar refractivity (Wildman–Crippen MR) is 73.3 cm³/mol. The van der Waals surface area contributed by atoms with Gasteiger partial charge in [0, 0.05) is 13.1 Å². The van der Waals surface area contributed by atoms with Crippen LogP contribution >= 0.6 is 0 Å². The van der Waals surface area contributed by atoms with Gasteiger partial charge in [-0.1, -0.05) is 18.2 Å². The average molecular weight is 281 g/mol. The minimum absolute atomic E-state index is 0.0523. The first-order valence-electron chi connectivity index (χ1n) is 6.29. The van der Waals surface area contributed by atoms with E-state index in [4.69, 9.17) is 15.2 Å². The number of nitrogens with zero attached hydrogens (tertiary/aromatic N) is 1. The van der Waals surface area contributed by atoms with Crippen molar-refractivity contribution in [1.82, 2.24) is 10.2 Å². The second kappa shape index (κ2) is 8.76. The van der Waals surface area contributed by atoms with Crippen molar-refractivity contribution in [1.29, 1.82) is 0 Å². The van der Waals surface area contributed by atoms with Crippen molar-refractivity contribution in [3.05, 3.63) is 30.3 Å². The third-order valence-electron chi connectivity index (χ3n) is 2.29. The maximum Gasteiger partial charge on any atom is 0.418 e. The fourth-order valence-corrected chi connectivity index (χ4v) is 1.40. The molecule has 0 atom stereocenters. The Bertz CT molecular complexity index is 425. The number of hydrogen-bond acceptors (Lipinski definition) is 5. The number of ether oxygens (including phenoxy) is 2. The molecular formula is C13H19N3O4. The van der Waals surface area contributed by atoms with Crippen LogP contribution in [-0.4, -0.2) is 43.5 Å². The summed E-state index contributed by atoms with van der Waals surface area (Å²) in [6, 6.07) is 8.40. The smallest absolute Gasteiger partial charge is 0.418 e. The van der Waals surface area contributed by atoms with Crippen molar-refractivity contribution in [2.24, 2.45) is 5.73 Å². The molecule has 0 fully saturated rings. The average Bonchev–Trinajstić information content (AvgIpc) is 2.46. The van der Waals surface area contributed by atoms with Crippen LogP contribution in [0.5, 0.6) is 5.75 Å². The zero-order valence-corrected chi connectivity index (χ0v) is 11.4. The minimum Gasteiger partial charge on any atom is -0.473 e. The second-order valence-electron chi connectivity index (χ2n) is 3.72. The van der Waals surface area contributed by atoms with E-state index in [9.17, 15) is 9.59 Å². The molecule has 0 saturated carbocycles. The fourth-order valence-electron chi connectivity index (χ4n) is 1.40. The van der Waals surface area contributed by atoms with Gasteiger partial charge in [-0.2, -0.15) is 0 Å². The molecule has 7 heteroatoms. The quantitative estimate of drug-likeness (QED) is 0.763. The highest BCUT2D eigenvalue weighted by Gasteiger charge is 2.21. The fraction of sp³-hybridized carbons (Fsp3) is 0.385. The van der Waals surface area contributed by atoms with Gasteiger partial charge >= 0.3 is 12.1 Å². The first-order valence-corrected chi connectivity index (χ1v) is 6.29. The van der Waals surface area contributed by atoms with Crippen LogP contribution in [0.4, 0.5) is 9.59 Å². The number of hydrogen-bond donors (Lipinski definition) is 2. The monoisotopic (exact) mass is 281 g/mol. The Labute approximate surface area is 117 Å². The van der Waals surface area contributed by atoms with E-state index in [0.717, 1.165) is 4.90 Å². The third-order valence-corrected chi connectivity index (χ3v) is 2.29. The van der Waals surface area contributed by atoms with E-state index in [0.29, 0.717) is 5.75 Å². The van der Waals surface area contributed by atoms with Crippen LogP contribution in [0.25, 0.3) is 0 Å². The van der Waals surface area contributed by atoms with Gasteiger partial charge < -0.3 is 20.5 Å². The molecule has 0 aliphatic carbocycles. The van der Waals surface area contributed by atoms with E-state index in [-0.39, 0.29) is 26.4 Å². The van der Waals surface area contributed by atoms with Gasteiger partial charge in [-0.25, -0.2) is 14.5 Å². The number of imide groups is 1. The summed E-state index contributed by atoms with van der Waals surface area (Å²) in [6.45, 7) is 2.04. The van der Waals surface area contributed by atoms with Gasteiger partial charge in [-0.05, 0) is 19.1 Å². The highest BCUT2D eigenvalue weighted by atomic mass is 16.6. The van der Waals surface area contributed by atoms with Crippen molar-refractivity contribution in [3.8, 4) is 5.75 Å². The Morgan fingerprint density at radius 1 is 1.30 bits per heavy atom. The molecule has 1 aromatic carbocycles. The first kappa shape index (κ1) is 15.8. The maximum atomic E-state index is 11.8. The van der Waals surface area contributed by atoms with Crippen LogP contribution < -0.4 is 15.8 Å². The van der Waals surface area contributed by atoms with Crippen molar-refractivity contribution >= 4 is 12.1 Å². The van der Waals surface area contributed by atoms with Gasteiger partial charge in [-0.3, -0.25) is 0 Å². The largest absolute Gasteiger partial charge is 0.473 e. The van der Waals surface area contributed by atoms with Crippen molar-refractivity contribution in [2.45, 2.75) is 6.92 Å². The van der Waals surface area contributed by atoms with Crippen LogP contribution in [0, 0.1) is 0 Å². The number of rotatable bonds is 6. The summed E-state index contributed by atoms with van der Waals surface area (Å²) in [5.74, 6) is 0.620. The van der Waals surface area contributed by atoms with E-state index in [2.05, 4.69) is 5.32 Å². The zero-order valence-electron chi connectivity index (χ0n) is 11.4. The number of amides is 3. The molecule has 0 aliphatic heterocycles. The van der Waals surface area contributed by atoms with Gasteiger partial charge in [0.25, 0.3) is 0 Å². The van der Waals surface area contributed by atoms with Crippen LogP contribution in [-0.2, 0) is 4.74 Å². The van der Waals surface area contributed by atoms with Crippen LogP contribution in [0.15, 0.2) is 30.3 Å². The molecule has 0 aromatic heterocycles. The van der Waals surface area contributed by atoms with E-state index in [1.165, 1.54) is 0 Å². The van der Waals surface area contributed by atoms with Crippen molar-refractivity contribution < 1.29 is 19.1 Å². The van der Waals surface area contributed by atoms with E-state index < -0.39 is 12.1 Å². The number of nitrogens with two attached hydrogens (primary N) is 1. The number of urea groups is 1. The normalized spacial score (nSPS) is 9.70. The van der Waals surface area contributed by atoms with Crippen LogP contribution in [0.1, 0.15) is 6.92 Å². The number of carbonyl (C=O) groups excluding carboxylic acids is 2. The van der Waals surface area contributed by atoms with E-state index in [1.54, 1.807) is 19.1 Å². The predicted octanol–water partition coefficient (Wildman–Crippen LogP) is 1.15. The lowest BCUT2D eigenvalue weighted by atomic mass is 10.3. The van der Waals surface area contributed by atoms with E-state index >= 15 is 0 Å². The molecule has 110 valence electrons. The molecule has 7 nitrogen and oxygen atoms in total. The van der Waals surface area contributed by atoms with Crippen LogP contribution in [0.2, 0.25) is 0 Å². The summed E-state index contributed by atoms with van der Waals surface area (Å²) < 4.78 is 10.1. The Morgan fingerprint density at radius 2 is 2.00 bits per heavy atom. The van der Waals surface area contributed by atoms with Crippen molar-refractivity contribution in [2.75, 3.05) is 26.4 Å². The molecule has 0 saturated heterocycles. The summed E-state index contributed by atoms with van der Waals surface area (Å²) in [6.07, 6.45) is -0.727. The number of benzene rings is 1. The minimum atomic E-state index is -0.727. The number of nitrogens with one attached hydrogen (secondary N) is 1. The molecule has 0 spiro atoms. The molecule has 0 bridgehead atoms. The lowest BCUT2D eigenvalue weighted by molar-refractivity contribution is 0.113. The Morgan fingerprint density at radius 3 is 2.60 bits per heavy atom. The molecule has 1 aromatic rings. The molecule has 0 heterocycles. The highest BCUT2D eigenvalue weighted by molar-refractivity contribution is 5.90. The number of carbonyl (C=O) groups is 2. The summed E-state index contributed by atoms with van der Waals surface area (Å²) >= 11 is 0. The van der Waals surface area contributed by atoms with Gasteiger partial charge in [0.2, 0.25) is 0 Å². The molecule has 3 N–H and O–H groups in total. The SMILES string of the molecule is CCOC(=O)N(CCN)C(=O)NCOc1ccccc1. The third kappa shape index (κ3) is 5.15. The van der Waals surface area contributed by atoms with Gasteiger partial charge in [-0.15, -0.1) is 0 Å². The number of para-hydroxylation sites is 1. The molecule has 0 aliphatic rings. The van der Waals surface area contributed by atoms with E-state index in [1.807, 2.05) is 18.2 Å². The molecule has 0 radical (unpaired) electrons. The lowest BCUT2D eigenvalue weighted by Crippen LogP contribution is -2.47. The summed E-state index contributed by atoms with van der Waals surface area (Å²) in [4.78, 5) is 24.3. The highest BCUT2D eigenvalue weighted by Crippen LogP contribution is 2.07. The summed E-state index contributed by atoms with van der Waals surface area (Å²) in [7, 11) is 0. The van der Waals surface area contributed by atoms with Crippen molar-refractivity contribution in [3.63, 3.8) is 0 Å². The lowest BCUT2D eigenvalue weighted by Gasteiger charge is -2.19. The Hall–Kier alpha value is -2.28. The standard InChI is InChI=1S/C13H19N3O4/c1-2-19-13(18)16(9-8-14)12(17)15-10-20-11-6-4-3-5-7-11/h3-7H,2,8-10,14H2,1H3,(H,15,17). The van der Waals surface area contributed by atoms with Crippen LogP contribution in [0.3, 0.4) is 0 Å². The maximum absolute atomic E-state index is 11.8. The topological polar surface area (TPSA) is 93.9 Å². The molecule has 0 unspecified atom stereocenters. The first-order chi connectivity index (χ1) is 9.69. The molecule has 20 heavy (non-hydrogen) atoms. The summed E-state index contributed by atoms with van der Waals surface area (Å²) in [5, 5.41) is 2.46. The molecule has 3 amide bonds. The van der Waals surface area contributed by atoms with Gasteiger partial charge in [0.1, 0.15) is 5.75 Å². The van der Waals surface area contributed by atoms with Gasteiger partial charge in [0.05, 0.1) is 6.61 Å². The Balaban J connectivity index is 2.43. The second-order valence-corrected chi connectivity index (χ2v) is 3.72. The zero-order chi connectivity index (χ0) is 14.8.